The van der Waals surface area contributed by atoms with E-state index in [9.17, 15) is 18.0 Å². The molecule has 1 fully saturated rings. The minimum atomic E-state index is -3.30. The largest absolute Gasteiger partial charge is 0.478 e. The summed E-state index contributed by atoms with van der Waals surface area (Å²) in [4.78, 5) is 25.9. The highest BCUT2D eigenvalue weighted by atomic mass is 32.2. The maximum Gasteiger partial charge on any atom is 0.335 e. The van der Waals surface area contributed by atoms with Gasteiger partial charge in [-0.2, -0.15) is 0 Å². The molecule has 1 saturated heterocycles. The fourth-order valence-corrected chi connectivity index (χ4v) is 4.02. The van der Waals surface area contributed by atoms with Gasteiger partial charge in [0.1, 0.15) is 0 Å². The van der Waals surface area contributed by atoms with Crippen molar-refractivity contribution in [2.24, 2.45) is 0 Å². The first-order valence-corrected chi connectivity index (χ1v) is 10.6. The van der Waals surface area contributed by atoms with Crippen LogP contribution in [0.1, 0.15) is 45.0 Å². The normalized spacial score (nSPS) is 17.5. The molecule has 0 radical (unpaired) electrons. The molecule has 0 saturated carbocycles. The molecule has 142 valence electrons. The molecular weight excluding hydrogens is 366 g/mol. The van der Waals surface area contributed by atoms with E-state index < -0.39 is 15.8 Å². The van der Waals surface area contributed by atoms with E-state index in [1.807, 2.05) is 6.07 Å². The predicted molar refractivity (Wildman–Crippen MR) is 101 cm³/mol. The molecule has 0 unspecified atom stereocenters. The SMILES string of the molecule is CS(=O)(=O)c1ccc(C(=O)N2CCC[C@@H](c3cccc(C(=O)O)c3)C2)cc1. The Morgan fingerprint density at radius 2 is 1.78 bits per heavy atom. The third-order valence-electron chi connectivity index (χ3n) is 4.84. The number of carbonyl (C=O) groups is 2. The molecule has 0 spiro atoms. The Hall–Kier alpha value is -2.67. The number of carboxylic acids is 1. The van der Waals surface area contributed by atoms with E-state index in [1.165, 1.54) is 24.3 Å². The molecule has 27 heavy (non-hydrogen) atoms. The van der Waals surface area contributed by atoms with Crippen LogP contribution < -0.4 is 0 Å². The number of likely N-dealkylation sites (tertiary alicyclic amines) is 1. The van der Waals surface area contributed by atoms with Gasteiger partial charge < -0.3 is 10.0 Å². The number of nitrogens with zero attached hydrogens (tertiary/aromatic N) is 1. The standard InChI is InChI=1S/C20H21NO5S/c1-27(25,26)18-9-7-14(8-10-18)19(22)21-11-3-6-17(13-21)15-4-2-5-16(12-15)20(23)24/h2,4-5,7-10,12,17H,3,6,11,13H2,1H3,(H,23,24)/t17-/m1/s1. The van der Waals surface area contributed by atoms with Crippen LogP contribution in [0.5, 0.6) is 0 Å². The van der Waals surface area contributed by atoms with Crippen molar-refractivity contribution in [2.45, 2.75) is 23.7 Å². The van der Waals surface area contributed by atoms with E-state index in [0.29, 0.717) is 18.7 Å². The van der Waals surface area contributed by atoms with Crippen LogP contribution in [0.25, 0.3) is 0 Å². The zero-order valence-electron chi connectivity index (χ0n) is 15.0. The quantitative estimate of drug-likeness (QED) is 0.871. The Kier molecular flexibility index (Phi) is 5.32. The third kappa shape index (κ3) is 4.36. The topological polar surface area (TPSA) is 91.8 Å². The van der Waals surface area contributed by atoms with Gasteiger partial charge in [-0.15, -0.1) is 0 Å². The maximum absolute atomic E-state index is 12.8. The van der Waals surface area contributed by atoms with Crippen molar-refractivity contribution >= 4 is 21.7 Å². The van der Waals surface area contributed by atoms with Gasteiger partial charge >= 0.3 is 5.97 Å². The van der Waals surface area contributed by atoms with Gasteiger partial charge in [0.2, 0.25) is 0 Å². The zero-order valence-corrected chi connectivity index (χ0v) is 15.8. The summed E-state index contributed by atoms with van der Waals surface area (Å²) in [6, 6.07) is 12.8. The van der Waals surface area contributed by atoms with Gasteiger partial charge in [0.05, 0.1) is 10.5 Å². The van der Waals surface area contributed by atoms with E-state index in [4.69, 9.17) is 5.11 Å². The average molecular weight is 387 g/mol. The summed E-state index contributed by atoms with van der Waals surface area (Å²) in [5.41, 5.74) is 1.61. The Balaban J connectivity index is 1.77. The van der Waals surface area contributed by atoms with Crippen molar-refractivity contribution in [3.8, 4) is 0 Å². The van der Waals surface area contributed by atoms with E-state index >= 15 is 0 Å². The van der Waals surface area contributed by atoms with Crippen molar-refractivity contribution in [1.82, 2.24) is 4.90 Å². The highest BCUT2D eigenvalue weighted by Gasteiger charge is 2.26. The number of rotatable bonds is 4. The van der Waals surface area contributed by atoms with Crippen molar-refractivity contribution in [2.75, 3.05) is 19.3 Å². The Morgan fingerprint density at radius 3 is 2.41 bits per heavy atom. The van der Waals surface area contributed by atoms with Gasteiger partial charge in [-0.1, -0.05) is 12.1 Å². The zero-order chi connectivity index (χ0) is 19.6. The van der Waals surface area contributed by atoms with Gasteiger partial charge in [0.15, 0.2) is 9.84 Å². The van der Waals surface area contributed by atoms with Crippen LogP contribution in [0, 0.1) is 0 Å². The Morgan fingerprint density at radius 1 is 1.07 bits per heavy atom. The van der Waals surface area contributed by atoms with Crippen LogP contribution in [0.3, 0.4) is 0 Å². The molecule has 0 aliphatic carbocycles. The first kappa shape index (κ1) is 19.1. The molecular formula is C20H21NO5S. The summed E-state index contributed by atoms with van der Waals surface area (Å²) in [5, 5.41) is 9.17. The first-order chi connectivity index (χ1) is 12.8. The number of carboxylic acid groups (broad SMARTS) is 1. The number of amides is 1. The van der Waals surface area contributed by atoms with Crippen LogP contribution in [0.15, 0.2) is 53.4 Å². The van der Waals surface area contributed by atoms with Crippen LogP contribution >= 0.6 is 0 Å². The highest BCUT2D eigenvalue weighted by molar-refractivity contribution is 7.90. The number of carbonyl (C=O) groups excluding carboxylic acids is 1. The summed E-state index contributed by atoms with van der Waals surface area (Å²) in [7, 11) is -3.30. The lowest BCUT2D eigenvalue weighted by Gasteiger charge is -2.33. The van der Waals surface area contributed by atoms with Crippen LogP contribution in [0.2, 0.25) is 0 Å². The maximum atomic E-state index is 12.8. The number of piperidine rings is 1. The fraction of sp³-hybridized carbons (Fsp3) is 0.300. The van der Waals surface area contributed by atoms with Crippen molar-refractivity contribution in [3.63, 3.8) is 0 Å². The fourth-order valence-electron chi connectivity index (χ4n) is 3.39. The number of hydrogen-bond acceptors (Lipinski definition) is 4. The first-order valence-electron chi connectivity index (χ1n) is 8.68. The monoisotopic (exact) mass is 387 g/mol. The molecule has 0 aromatic heterocycles. The molecule has 2 aromatic carbocycles. The van der Waals surface area contributed by atoms with E-state index in [0.717, 1.165) is 24.7 Å². The number of benzene rings is 2. The molecule has 1 amide bonds. The molecule has 0 bridgehead atoms. The van der Waals surface area contributed by atoms with Gasteiger partial charge in [0, 0.05) is 30.8 Å². The summed E-state index contributed by atoms with van der Waals surface area (Å²) in [5.74, 6) is -1.03. The molecule has 1 N–H and O–H groups in total. The Labute approximate surface area is 158 Å². The van der Waals surface area contributed by atoms with E-state index in [-0.39, 0.29) is 22.3 Å². The number of aromatic carboxylic acids is 1. The summed E-state index contributed by atoms with van der Waals surface area (Å²) in [6.07, 6.45) is 2.85. The molecule has 3 rings (SSSR count). The van der Waals surface area contributed by atoms with Gasteiger partial charge in [-0.05, 0) is 54.8 Å². The Bertz CT molecular complexity index is 966. The summed E-state index contributed by atoms with van der Waals surface area (Å²) >= 11 is 0. The van der Waals surface area contributed by atoms with Gasteiger partial charge in [-0.3, -0.25) is 4.79 Å². The lowest BCUT2D eigenvalue weighted by atomic mass is 9.89. The second-order valence-corrected chi connectivity index (χ2v) is 8.83. The molecule has 1 heterocycles. The summed E-state index contributed by atoms with van der Waals surface area (Å²) in [6.45, 7) is 1.14. The average Bonchev–Trinajstić information content (AvgIpc) is 2.67. The second-order valence-electron chi connectivity index (χ2n) is 6.82. The molecule has 2 aromatic rings. The third-order valence-corrected chi connectivity index (χ3v) is 5.97. The minimum Gasteiger partial charge on any atom is -0.478 e. The van der Waals surface area contributed by atoms with Gasteiger partial charge in [0.25, 0.3) is 5.91 Å². The minimum absolute atomic E-state index is 0.0808. The van der Waals surface area contributed by atoms with Crippen LogP contribution in [-0.2, 0) is 9.84 Å². The lowest BCUT2D eigenvalue weighted by molar-refractivity contribution is 0.0688. The highest BCUT2D eigenvalue weighted by Crippen LogP contribution is 2.28. The number of sulfone groups is 1. The molecule has 1 aliphatic heterocycles. The van der Waals surface area contributed by atoms with E-state index in [2.05, 4.69) is 0 Å². The van der Waals surface area contributed by atoms with E-state index in [1.54, 1.807) is 23.1 Å². The van der Waals surface area contributed by atoms with Crippen molar-refractivity contribution in [1.29, 1.82) is 0 Å². The lowest BCUT2D eigenvalue weighted by Crippen LogP contribution is -2.39. The summed E-state index contributed by atoms with van der Waals surface area (Å²) < 4.78 is 23.1. The smallest absolute Gasteiger partial charge is 0.335 e. The second kappa shape index (κ2) is 7.52. The molecule has 7 heteroatoms. The molecule has 1 atom stereocenters. The molecule has 1 aliphatic rings. The van der Waals surface area contributed by atoms with Gasteiger partial charge in [-0.25, -0.2) is 13.2 Å². The predicted octanol–water partition coefficient (Wildman–Crippen LogP) is 2.81. The molecule has 6 nitrogen and oxygen atoms in total. The van der Waals surface area contributed by atoms with Crippen molar-refractivity contribution in [3.05, 3.63) is 65.2 Å². The van der Waals surface area contributed by atoms with Crippen LogP contribution in [0.4, 0.5) is 0 Å². The van der Waals surface area contributed by atoms with Crippen molar-refractivity contribution < 1.29 is 23.1 Å². The number of hydrogen-bond donors (Lipinski definition) is 1. The van der Waals surface area contributed by atoms with Crippen LogP contribution in [-0.4, -0.2) is 49.6 Å².